The summed E-state index contributed by atoms with van der Waals surface area (Å²) < 4.78 is 24.6. The predicted octanol–water partition coefficient (Wildman–Crippen LogP) is 1.55. The van der Waals surface area contributed by atoms with Crippen LogP contribution in [0.4, 0.5) is 10.1 Å². The molecule has 168 valence electrons. The van der Waals surface area contributed by atoms with Gasteiger partial charge in [-0.2, -0.15) is 0 Å². The summed E-state index contributed by atoms with van der Waals surface area (Å²) in [6, 6.07) is 10.2. The van der Waals surface area contributed by atoms with Crippen molar-refractivity contribution in [1.29, 1.82) is 0 Å². The fraction of sp³-hybridized carbons (Fsp3) is 0.455. The number of piperazine rings is 1. The Bertz CT molecular complexity index is 838. The molecule has 1 aromatic carbocycles. The molecule has 1 aliphatic heterocycles. The topological polar surface area (TPSA) is 87.0 Å². The predicted molar refractivity (Wildman–Crippen MR) is 114 cm³/mol. The van der Waals surface area contributed by atoms with Gasteiger partial charge in [-0.05, 0) is 30.7 Å². The second kappa shape index (κ2) is 11.5. The lowest BCUT2D eigenvalue weighted by Gasteiger charge is -2.39. The van der Waals surface area contributed by atoms with Crippen LogP contribution in [-0.4, -0.2) is 69.7 Å². The Morgan fingerprint density at radius 3 is 2.52 bits per heavy atom. The molecule has 1 fully saturated rings. The lowest BCUT2D eigenvalue weighted by Crippen LogP contribution is -2.51. The third-order valence-corrected chi connectivity index (χ3v) is 5.29. The second-order valence-electron chi connectivity index (χ2n) is 7.32. The van der Waals surface area contributed by atoms with Gasteiger partial charge in [0.15, 0.2) is 0 Å². The Morgan fingerprint density at radius 2 is 1.84 bits per heavy atom. The number of carbonyl (C=O) groups excluding carboxylic acids is 2. The largest absolute Gasteiger partial charge is 0.468 e. The number of benzene rings is 1. The van der Waals surface area contributed by atoms with Crippen molar-refractivity contribution in [2.45, 2.75) is 12.5 Å². The van der Waals surface area contributed by atoms with Crippen molar-refractivity contribution in [2.75, 3.05) is 57.9 Å². The molecule has 1 aromatic heterocycles. The number of nitrogens with one attached hydrogen (secondary N) is 2. The maximum Gasteiger partial charge on any atom is 0.309 e. The van der Waals surface area contributed by atoms with Crippen molar-refractivity contribution in [3.8, 4) is 0 Å². The molecule has 3 rings (SSSR count). The molecule has 2 heterocycles. The van der Waals surface area contributed by atoms with Crippen molar-refractivity contribution in [1.82, 2.24) is 15.5 Å². The molecular formula is C22H29FN4O4. The van der Waals surface area contributed by atoms with Gasteiger partial charge in [0.2, 0.25) is 0 Å². The van der Waals surface area contributed by atoms with Gasteiger partial charge in [-0.3, -0.25) is 14.5 Å². The molecule has 0 radical (unpaired) electrons. The number of rotatable bonds is 9. The van der Waals surface area contributed by atoms with E-state index in [9.17, 15) is 14.0 Å². The third kappa shape index (κ3) is 6.28. The van der Waals surface area contributed by atoms with Gasteiger partial charge < -0.3 is 24.7 Å². The van der Waals surface area contributed by atoms with Crippen molar-refractivity contribution in [2.24, 2.45) is 0 Å². The van der Waals surface area contributed by atoms with E-state index < -0.39 is 11.8 Å². The van der Waals surface area contributed by atoms with Gasteiger partial charge in [0.1, 0.15) is 11.6 Å². The summed E-state index contributed by atoms with van der Waals surface area (Å²) in [4.78, 5) is 28.3. The number of furan rings is 1. The molecular weight excluding hydrogens is 403 g/mol. The molecule has 0 unspecified atom stereocenters. The number of hydrogen-bond donors (Lipinski definition) is 2. The van der Waals surface area contributed by atoms with Crippen molar-refractivity contribution in [3.63, 3.8) is 0 Å². The zero-order valence-electron chi connectivity index (χ0n) is 17.7. The van der Waals surface area contributed by atoms with Gasteiger partial charge in [-0.15, -0.1) is 0 Å². The summed E-state index contributed by atoms with van der Waals surface area (Å²) >= 11 is 0. The van der Waals surface area contributed by atoms with Crippen LogP contribution >= 0.6 is 0 Å². The highest BCUT2D eigenvalue weighted by molar-refractivity contribution is 6.35. The Kier molecular flexibility index (Phi) is 8.43. The van der Waals surface area contributed by atoms with Crippen LogP contribution in [0.2, 0.25) is 0 Å². The molecule has 0 bridgehead atoms. The van der Waals surface area contributed by atoms with Crippen LogP contribution in [0.25, 0.3) is 0 Å². The highest BCUT2D eigenvalue weighted by Crippen LogP contribution is 2.25. The Hall–Kier alpha value is -2.91. The normalized spacial score (nSPS) is 15.5. The minimum absolute atomic E-state index is 0.219. The first-order valence-corrected chi connectivity index (χ1v) is 10.4. The van der Waals surface area contributed by atoms with Crippen LogP contribution in [0.15, 0.2) is 47.1 Å². The molecule has 8 nitrogen and oxygen atoms in total. The van der Waals surface area contributed by atoms with Crippen molar-refractivity contribution < 1.29 is 23.1 Å². The van der Waals surface area contributed by atoms with Gasteiger partial charge in [-0.1, -0.05) is 12.1 Å². The van der Waals surface area contributed by atoms with E-state index in [-0.39, 0.29) is 18.4 Å². The second-order valence-corrected chi connectivity index (χ2v) is 7.32. The van der Waals surface area contributed by atoms with Gasteiger partial charge in [0.25, 0.3) is 0 Å². The Labute approximate surface area is 181 Å². The maximum absolute atomic E-state index is 14.1. The van der Waals surface area contributed by atoms with Gasteiger partial charge in [0.05, 0.1) is 18.0 Å². The Balaban J connectivity index is 1.55. The van der Waals surface area contributed by atoms with Gasteiger partial charge in [0, 0.05) is 53.0 Å². The van der Waals surface area contributed by atoms with E-state index in [2.05, 4.69) is 15.5 Å². The molecule has 1 atom stereocenters. The van der Waals surface area contributed by atoms with Crippen LogP contribution in [0.5, 0.6) is 0 Å². The van der Waals surface area contributed by atoms with E-state index in [0.29, 0.717) is 57.2 Å². The quantitative estimate of drug-likeness (QED) is 0.462. The van der Waals surface area contributed by atoms with Crippen LogP contribution in [-0.2, 0) is 14.3 Å². The van der Waals surface area contributed by atoms with Crippen LogP contribution in [0.3, 0.4) is 0 Å². The number of carbonyl (C=O) groups is 2. The van der Waals surface area contributed by atoms with Gasteiger partial charge >= 0.3 is 11.8 Å². The highest BCUT2D eigenvalue weighted by Gasteiger charge is 2.28. The summed E-state index contributed by atoms with van der Waals surface area (Å²) in [5.41, 5.74) is 0.593. The summed E-state index contributed by atoms with van der Waals surface area (Å²) in [5, 5.41) is 5.28. The Morgan fingerprint density at radius 1 is 1.10 bits per heavy atom. The van der Waals surface area contributed by atoms with E-state index in [0.717, 1.165) is 0 Å². The van der Waals surface area contributed by atoms with Gasteiger partial charge in [-0.25, -0.2) is 4.39 Å². The lowest BCUT2D eigenvalue weighted by molar-refractivity contribution is -0.139. The first-order valence-electron chi connectivity index (χ1n) is 10.4. The molecule has 0 spiro atoms. The molecule has 0 saturated carbocycles. The van der Waals surface area contributed by atoms with Crippen molar-refractivity contribution >= 4 is 17.5 Å². The number of anilines is 1. The number of ether oxygens (including phenoxy) is 1. The minimum atomic E-state index is -0.682. The standard InChI is InChI=1S/C22H29FN4O4/c1-30-14-5-9-24-21(28)22(29)25-16-19(20-8-4-15-31-20)27-12-10-26(11-13-27)18-7-3-2-6-17(18)23/h2-4,6-8,15,19H,5,9-14,16H2,1H3,(H,24,28)(H,25,29)/t19-/m0/s1. The number of methoxy groups -OCH3 is 1. The van der Waals surface area contributed by atoms with Crippen LogP contribution in [0.1, 0.15) is 18.2 Å². The molecule has 31 heavy (non-hydrogen) atoms. The van der Waals surface area contributed by atoms with Crippen molar-refractivity contribution in [3.05, 3.63) is 54.2 Å². The number of halogens is 1. The fourth-order valence-electron chi connectivity index (χ4n) is 3.64. The maximum atomic E-state index is 14.1. The van der Waals surface area contributed by atoms with E-state index in [1.807, 2.05) is 17.0 Å². The van der Waals surface area contributed by atoms with Crippen LogP contribution in [0, 0.1) is 5.82 Å². The number of hydrogen-bond acceptors (Lipinski definition) is 6. The summed E-state index contributed by atoms with van der Waals surface area (Å²) in [6.45, 7) is 3.74. The molecule has 0 aliphatic carbocycles. The molecule has 1 saturated heterocycles. The van der Waals surface area contributed by atoms with E-state index in [1.54, 1.807) is 31.6 Å². The van der Waals surface area contributed by atoms with E-state index in [1.165, 1.54) is 6.07 Å². The minimum Gasteiger partial charge on any atom is -0.468 e. The lowest BCUT2D eigenvalue weighted by atomic mass is 10.1. The third-order valence-electron chi connectivity index (χ3n) is 5.29. The first-order chi connectivity index (χ1) is 15.1. The molecule has 2 amide bonds. The fourth-order valence-corrected chi connectivity index (χ4v) is 3.64. The average Bonchev–Trinajstić information content (AvgIpc) is 3.32. The van der Waals surface area contributed by atoms with E-state index >= 15 is 0 Å². The number of nitrogens with zero attached hydrogens (tertiary/aromatic N) is 2. The first kappa shape index (κ1) is 22.8. The summed E-state index contributed by atoms with van der Waals surface area (Å²) in [5.74, 6) is -0.875. The monoisotopic (exact) mass is 432 g/mol. The summed E-state index contributed by atoms with van der Waals surface area (Å²) in [7, 11) is 1.58. The highest BCUT2D eigenvalue weighted by atomic mass is 19.1. The average molecular weight is 432 g/mol. The molecule has 2 aromatic rings. The van der Waals surface area contributed by atoms with E-state index in [4.69, 9.17) is 9.15 Å². The smallest absolute Gasteiger partial charge is 0.309 e. The molecule has 1 aliphatic rings. The summed E-state index contributed by atoms with van der Waals surface area (Å²) in [6.07, 6.45) is 2.22. The molecule has 2 N–H and O–H groups in total. The number of amides is 2. The number of para-hydroxylation sites is 1. The molecule has 9 heteroatoms. The zero-order chi connectivity index (χ0) is 22.1. The SMILES string of the molecule is COCCCNC(=O)C(=O)NC[C@@H](c1ccco1)N1CCN(c2ccccc2F)CC1. The van der Waals surface area contributed by atoms with Crippen LogP contribution < -0.4 is 15.5 Å². The zero-order valence-corrected chi connectivity index (χ0v) is 17.7.